The summed E-state index contributed by atoms with van der Waals surface area (Å²) in [6.45, 7) is 8.00. The van der Waals surface area contributed by atoms with E-state index in [2.05, 4.69) is 0 Å². The van der Waals surface area contributed by atoms with Crippen molar-refractivity contribution in [2.45, 2.75) is 59.2 Å². The van der Waals surface area contributed by atoms with Gasteiger partial charge in [-0.3, -0.25) is 19.2 Å². The van der Waals surface area contributed by atoms with E-state index < -0.39 is 46.7 Å². The highest BCUT2D eigenvalue weighted by Crippen LogP contribution is 2.41. The van der Waals surface area contributed by atoms with Crippen LogP contribution in [0.1, 0.15) is 79.8 Å². The molecule has 1 aliphatic carbocycles. The first-order valence-corrected chi connectivity index (χ1v) is 9.70. The van der Waals surface area contributed by atoms with Crippen LogP contribution in [0.5, 0.6) is 11.5 Å². The number of fused-ring (bicyclic) bond motifs is 1. The monoisotopic (exact) mass is 430 g/mol. The van der Waals surface area contributed by atoms with Crippen LogP contribution in [0, 0.1) is 0 Å². The molecule has 0 saturated carbocycles. The SMILES string of the molecule is CC(=O)OC(C)(C)CC(=O)O[C@@H](CC=C(C)C)c1cc(O)c2c(c1O)C(=O)C=CC2=O. The minimum Gasteiger partial charge on any atom is -0.507 e. The van der Waals surface area contributed by atoms with Gasteiger partial charge in [0.05, 0.1) is 17.5 Å². The molecule has 0 saturated heterocycles. The number of esters is 2. The molecule has 8 nitrogen and oxygen atoms in total. The Morgan fingerprint density at radius 3 is 2.19 bits per heavy atom. The lowest BCUT2D eigenvalue weighted by atomic mass is 9.89. The van der Waals surface area contributed by atoms with Crippen molar-refractivity contribution >= 4 is 23.5 Å². The van der Waals surface area contributed by atoms with Gasteiger partial charge in [-0.15, -0.1) is 0 Å². The third-order valence-corrected chi connectivity index (χ3v) is 4.54. The Hall–Kier alpha value is -3.42. The summed E-state index contributed by atoms with van der Waals surface area (Å²) in [5.74, 6) is -3.55. The summed E-state index contributed by atoms with van der Waals surface area (Å²) < 4.78 is 10.6. The number of carbonyl (C=O) groups excluding carboxylic acids is 4. The zero-order chi connectivity index (χ0) is 23.5. The van der Waals surface area contributed by atoms with Gasteiger partial charge < -0.3 is 19.7 Å². The molecule has 2 N–H and O–H groups in total. The summed E-state index contributed by atoms with van der Waals surface area (Å²) in [4.78, 5) is 48.1. The minimum absolute atomic E-state index is 0.0103. The molecule has 8 heteroatoms. The van der Waals surface area contributed by atoms with Crippen molar-refractivity contribution in [1.82, 2.24) is 0 Å². The highest BCUT2D eigenvalue weighted by Gasteiger charge is 2.33. The van der Waals surface area contributed by atoms with Gasteiger partial charge >= 0.3 is 11.9 Å². The second-order valence-corrected chi connectivity index (χ2v) is 8.17. The van der Waals surface area contributed by atoms with Crippen molar-refractivity contribution < 1.29 is 38.9 Å². The van der Waals surface area contributed by atoms with Gasteiger partial charge in [-0.1, -0.05) is 11.6 Å². The number of benzene rings is 1. The number of allylic oxidation sites excluding steroid dienone is 3. The number of aromatic hydroxyl groups is 2. The maximum absolute atomic E-state index is 12.6. The van der Waals surface area contributed by atoms with Gasteiger partial charge in [0.15, 0.2) is 11.6 Å². The molecule has 0 heterocycles. The topological polar surface area (TPSA) is 127 Å². The number of carbonyl (C=O) groups is 4. The van der Waals surface area contributed by atoms with E-state index in [0.29, 0.717) is 0 Å². The molecule has 0 bridgehead atoms. The quantitative estimate of drug-likeness (QED) is 0.381. The second kappa shape index (κ2) is 9.16. The van der Waals surface area contributed by atoms with Crippen molar-refractivity contribution in [2.75, 3.05) is 0 Å². The lowest BCUT2D eigenvalue weighted by Gasteiger charge is -2.26. The van der Waals surface area contributed by atoms with Gasteiger partial charge in [0, 0.05) is 18.9 Å². The van der Waals surface area contributed by atoms with Crippen molar-refractivity contribution in [3.63, 3.8) is 0 Å². The van der Waals surface area contributed by atoms with Gasteiger partial charge in [0.2, 0.25) is 0 Å². The van der Waals surface area contributed by atoms with Gasteiger partial charge in [-0.2, -0.15) is 0 Å². The summed E-state index contributed by atoms with van der Waals surface area (Å²) in [7, 11) is 0. The van der Waals surface area contributed by atoms with E-state index >= 15 is 0 Å². The Bertz CT molecular complexity index is 993. The van der Waals surface area contributed by atoms with Crippen LogP contribution in [0.2, 0.25) is 0 Å². The second-order valence-electron chi connectivity index (χ2n) is 8.17. The van der Waals surface area contributed by atoms with Gasteiger partial charge in [-0.05, 0) is 45.9 Å². The zero-order valence-electron chi connectivity index (χ0n) is 18.1. The molecule has 0 fully saturated rings. The number of rotatable bonds is 7. The van der Waals surface area contributed by atoms with E-state index in [1.807, 2.05) is 13.8 Å². The molecule has 31 heavy (non-hydrogen) atoms. The Morgan fingerprint density at radius 2 is 1.65 bits per heavy atom. The van der Waals surface area contributed by atoms with E-state index in [9.17, 15) is 29.4 Å². The summed E-state index contributed by atoms with van der Waals surface area (Å²) in [5, 5.41) is 21.1. The van der Waals surface area contributed by atoms with Crippen LogP contribution < -0.4 is 0 Å². The predicted octanol–water partition coefficient (Wildman–Crippen LogP) is 3.71. The fraction of sp³-hybridized carbons (Fsp3) is 0.391. The summed E-state index contributed by atoms with van der Waals surface area (Å²) in [5.41, 5.74) is -0.837. The summed E-state index contributed by atoms with van der Waals surface area (Å²) in [6.07, 6.45) is 2.62. The van der Waals surface area contributed by atoms with Crippen LogP contribution in [-0.2, 0) is 19.1 Å². The molecular formula is C23H26O8. The number of ether oxygens (including phenoxy) is 2. The van der Waals surface area contributed by atoms with Crippen LogP contribution in [0.25, 0.3) is 0 Å². The zero-order valence-corrected chi connectivity index (χ0v) is 18.1. The Morgan fingerprint density at radius 1 is 1.06 bits per heavy atom. The smallest absolute Gasteiger partial charge is 0.310 e. The molecule has 1 atom stereocenters. The number of phenolic OH excluding ortho intramolecular Hbond substituents is 2. The molecule has 166 valence electrons. The molecule has 0 aromatic heterocycles. The fourth-order valence-corrected chi connectivity index (χ4v) is 3.29. The van der Waals surface area contributed by atoms with E-state index in [4.69, 9.17) is 9.47 Å². The Kier molecular flexibility index (Phi) is 7.05. The predicted molar refractivity (Wildman–Crippen MR) is 111 cm³/mol. The fourth-order valence-electron chi connectivity index (χ4n) is 3.29. The van der Waals surface area contributed by atoms with Crippen LogP contribution in [0.3, 0.4) is 0 Å². The van der Waals surface area contributed by atoms with Crippen LogP contribution in [0.15, 0.2) is 29.9 Å². The van der Waals surface area contributed by atoms with Gasteiger partial charge in [0.1, 0.15) is 23.2 Å². The van der Waals surface area contributed by atoms with E-state index in [1.165, 1.54) is 6.92 Å². The average Bonchev–Trinajstić information content (AvgIpc) is 2.61. The van der Waals surface area contributed by atoms with Gasteiger partial charge in [-0.25, -0.2) is 0 Å². The summed E-state index contributed by atoms with van der Waals surface area (Å²) in [6, 6.07) is 1.12. The highest BCUT2D eigenvalue weighted by molar-refractivity contribution is 6.24. The molecule has 1 aliphatic rings. The van der Waals surface area contributed by atoms with Crippen molar-refractivity contribution in [3.8, 4) is 11.5 Å². The lowest BCUT2D eigenvalue weighted by molar-refractivity contribution is -0.163. The molecule has 0 amide bonds. The molecule has 0 spiro atoms. The minimum atomic E-state index is -1.11. The van der Waals surface area contributed by atoms with Crippen molar-refractivity contribution in [1.29, 1.82) is 0 Å². The molecular weight excluding hydrogens is 404 g/mol. The molecule has 0 aliphatic heterocycles. The maximum atomic E-state index is 12.6. The van der Waals surface area contributed by atoms with E-state index in [0.717, 1.165) is 23.8 Å². The average molecular weight is 430 g/mol. The molecule has 1 aromatic rings. The Balaban J connectivity index is 2.44. The van der Waals surface area contributed by atoms with Gasteiger partial charge in [0.25, 0.3) is 0 Å². The lowest BCUT2D eigenvalue weighted by Crippen LogP contribution is -2.31. The van der Waals surface area contributed by atoms with Crippen LogP contribution in [0.4, 0.5) is 0 Å². The number of hydrogen-bond donors (Lipinski definition) is 2. The Labute approximate surface area is 180 Å². The van der Waals surface area contributed by atoms with Crippen molar-refractivity contribution in [2.24, 2.45) is 0 Å². The van der Waals surface area contributed by atoms with Crippen molar-refractivity contribution in [3.05, 3.63) is 46.6 Å². The van der Waals surface area contributed by atoms with E-state index in [-0.39, 0.29) is 29.5 Å². The van der Waals surface area contributed by atoms with Crippen LogP contribution in [-0.4, -0.2) is 39.3 Å². The summed E-state index contributed by atoms with van der Waals surface area (Å²) >= 11 is 0. The highest BCUT2D eigenvalue weighted by atomic mass is 16.6. The molecule has 1 aromatic carbocycles. The maximum Gasteiger partial charge on any atom is 0.310 e. The first kappa shape index (κ1) is 23.9. The first-order chi connectivity index (χ1) is 14.3. The van der Waals surface area contributed by atoms with E-state index in [1.54, 1.807) is 19.9 Å². The largest absolute Gasteiger partial charge is 0.507 e. The first-order valence-electron chi connectivity index (χ1n) is 9.70. The molecule has 2 rings (SSSR count). The standard InChI is InChI=1S/C23H26O8/c1-12(2)6-9-18(30-19(28)11-23(4,5)31-13(3)24)14-10-17(27)20-15(25)7-8-16(26)21(20)22(14)29/h6-8,10,18,27,29H,9,11H2,1-5H3/t18-/m0/s1. The molecule has 0 radical (unpaired) electrons. The third kappa shape index (κ3) is 5.81. The number of phenols is 2. The van der Waals surface area contributed by atoms with Crippen LogP contribution >= 0.6 is 0 Å². The molecule has 0 unspecified atom stereocenters. The third-order valence-electron chi connectivity index (χ3n) is 4.54. The number of hydrogen-bond acceptors (Lipinski definition) is 8. The number of ketones is 2. The normalized spacial score (nSPS) is 14.0.